The summed E-state index contributed by atoms with van der Waals surface area (Å²) in [7, 11) is 0. The molecule has 3 rings (SSSR count). The minimum atomic E-state index is -0.238. The molecular formula is C19H24N4O3. The van der Waals surface area contributed by atoms with E-state index in [0.29, 0.717) is 23.9 Å². The molecule has 1 aliphatic rings. The maximum atomic E-state index is 12.3. The molecule has 1 amide bonds. The number of hydrogen-bond donors (Lipinski definition) is 2. The van der Waals surface area contributed by atoms with Crippen molar-refractivity contribution in [2.75, 3.05) is 18.5 Å². The first kappa shape index (κ1) is 18.1. The van der Waals surface area contributed by atoms with Gasteiger partial charge in [-0.05, 0) is 44.9 Å². The van der Waals surface area contributed by atoms with Gasteiger partial charge < -0.3 is 20.1 Å². The van der Waals surface area contributed by atoms with Crippen molar-refractivity contribution in [2.24, 2.45) is 0 Å². The average molecular weight is 356 g/mol. The van der Waals surface area contributed by atoms with Gasteiger partial charge in [0.25, 0.3) is 5.91 Å². The minimum Gasteiger partial charge on any atom is -0.489 e. The van der Waals surface area contributed by atoms with Gasteiger partial charge in [-0.25, -0.2) is 9.97 Å². The number of aromatic nitrogens is 2. The van der Waals surface area contributed by atoms with Gasteiger partial charge in [0.15, 0.2) is 0 Å². The van der Waals surface area contributed by atoms with Gasteiger partial charge in [0.05, 0.1) is 17.9 Å². The highest BCUT2D eigenvalue weighted by molar-refractivity contribution is 5.92. The fourth-order valence-electron chi connectivity index (χ4n) is 2.69. The molecule has 0 radical (unpaired) electrons. The molecule has 7 heteroatoms. The Morgan fingerprint density at radius 3 is 2.96 bits per heavy atom. The zero-order valence-electron chi connectivity index (χ0n) is 15.1. The van der Waals surface area contributed by atoms with Crippen LogP contribution in [0.3, 0.4) is 0 Å². The molecule has 1 fully saturated rings. The number of carbonyl (C=O) groups excluding carboxylic acids is 1. The number of amides is 1. The number of nitrogens with one attached hydrogen (secondary N) is 2. The summed E-state index contributed by atoms with van der Waals surface area (Å²) in [6.45, 7) is 5.19. The topological polar surface area (TPSA) is 85.4 Å². The second kappa shape index (κ2) is 8.62. The van der Waals surface area contributed by atoms with Crippen LogP contribution in [0.25, 0.3) is 0 Å². The molecule has 26 heavy (non-hydrogen) atoms. The third-order valence-electron chi connectivity index (χ3n) is 3.90. The SMILES string of the molecule is CC(C)Oc1ccccc1Nc1nccc(C(=O)NCC2CCCO2)n1. The molecule has 138 valence electrons. The number of ether oxygens (including phenoxy) is 2. The van der Waals surface area contributed by atoms with E-state index in [2.05, 4.69) is 20.6 Å². The molecule has 2 N–H and O–H groups in total. The first-order valence-electron chi connectivity index (χ1n) is 8.87. The van der Waals surface area contributed by atoms with Crippen molar-refractivity contribution in [3.05, 3.63) is 42.2 Å². The standard InChI is InChI=1S/C19H24N4O3/c1-13(2)26-17-8-4-3-7-15(17)22-19-20-10-9-16(23-19)18(24)21-12-14-6-5-11-25-14/h3-4,7-10,13-14H,5-6,11-12H2,1-2H3,(H,21,24)(H,20,22,23). The Morgan fingerprint density at radius 1 is 1.35 bits per heavy atom. The van der Waals surface area contributed by atoms with Gasteiger partial charge in [0, 0.05) is 19.3 Å². The van der Waals surface area contributed by atoms with Gasteiger partial charge in [-0.2, -0.15) is 0 Å². The Kier molecular flexibility index (Phi) is 6.01. The summed E-state index contributed by atoms with van der Waals surface area (Å²) >= 11 is 0. The number of anilines is 2. The molecule has 1 saturated heterocycles. The molecular weight excluding hydrogens is 332 g/mol. The van der Waals surface area contributed by atoms with Gasteiger partial charge >= 0.3 is 0 Å². The zero-order valence-corrected chi connectivity index (χ0v) is 15.1. The Hall–Kier alpha value is -2.67. The van der Waals surface area contributed by atoms with E-state index >= 15 is 0 Å². The van der Waals surface area contributed by atoms with Gasteiger partial charge in [-0.3, -0.25) is 4.79 Å². The van der Waals surface area contributed by atoms with E-state index in [0.717, 1.165) is 25.1 Å². The second-order valence-corrected chi connectivity index (χ2v) is 6.40. The second-order valence-electron chi connectivity index (χ2n) is 6.40. The van der Waals surface area contributed by atoms with Crippen molar-refractivity contribution in [1.29, 1.82) is 0 Å². The van der Waals surface area contributed by atoms with Crippen molar-refractivity contribution in [2.45, 2.75) is 38.9 Å². The predicted molar refractivity (Wildman–Crippen MR) is 98.8 cm³/mol. The predicted octanol–water partition coefficient (Wildman–Crippen LogP) is 2.92. The Morgan fingerprint density at radius 2 is 2.19 bits per heavy atom. The lowest BCUT2D eigenvalue weighted by Gasteiger charge is -2.15. The van der Waals surface area contributed by atoms with Crippen molar-refractivity contribution in [3.8, 4) is 5.75 Å². The average Bonchev–Trinajstić information content (AvgIpc) is 3.15. The van der Waals surface area contributed by atoms with Gasteiger partial charge in [0.2, 0.25) is 5.95 Å². The normalized spacial score (nSPS) is 16.5. The highest BCUT2D eigenvalue weighted by atomic mass is 16.5. The third-order valence-corrected chi connectivity index (χ3v) is 3.90. The summed E-state index contributed by atoms with van der Waals surface area (Å²) in [5, 5.41) is 5.98. The van der Waals surface area contributed by atoms with E-state index < -0.39 is 0 Å². The molecule has 0 bridgehead atoms. The highest BCUT2D eigenvalue weighted by Crippen LogP contribution is 2.27. The number of carbonyl (C=O) groups is 1. The van der Waals surface area contributed by atoms with Crippen LogP contribution in [0, 0.1) is 0 Å². The van der Waals surface area contributed by atoms with Gasteiger partial charge in [-0.15, -0.1) is 0 Å². The van der Waals surface area contributed by atoms with E-state index in [1.807, 2.05) is 38.1 Å². The smallest absolute Gasteiger partial charge is 0.270 e. The van der Waals surface area contributed by atoms with Crippen molar-refractivity contribution in [1.82, 2.24) is 15.3 Å². The van der Waals surface area contributed by atoms with Crippen LogP contribution < -0.4 is 15.4 Å². The number of para-hydroxylation sites is 2. The van der Waals surface area contributed by atoms with Crippen molar-refractivity contribution in [3.63, 3.8) is 0 Å². The summed E-state index contributed by atoms with van der Waals surface area (Å²) in [4.78, 5) is 20.8. The molecule has 7 nitrogen and oxygen atoms in total. The monoisotopic (exact) mass is 356 g/mol. The van der Waals surface area contributed by atoms with E-state index in [9.17, 15) is 4.79 Å². The number of hydrogen-bond acceptors (Lipinski definition) is 6. The Balaban J connectivity index is 1.66. The molecule has 1 unspecified atom stereocenters. The molecule has 1 aromatic carbocycles. The lowest BCUT2D eigenvalue weighted by atomic mass is 10.2. The largest absolute Gasteiger partial charge is 0.489 e. The lowest BCUT2D eigenvalue weighted by molar-refractivity contribution is 0.0853. The number of benzene rings is 1. The van der Waals surface area contributed by atoms with Gasteiger partial charge in [-0.1, -0.05) is 12.1 Å². The first-order valence-corrected chi connectivity index (χ1v) is 8.87. The lowest BCUT2D eigenvalue weighted by Crippen LogP contribution is -2.32. The summed E-state index contributed by atoms with van der Waals surface area (Å²) in [5.74, 6) is 0.812. The molecule has 0 saturated carbocycles. The third kappa shape index (κ3) is 4.92. The zero-order chi connectivity index (χ0) is 18.4. The van der Waals surface area contributed by atoms with Crippen molar-refractivity contribution < 1.29 is 14.3 Å². The summed E-state index contributed by atoms with van der Waals surface area (Å²) in [6, 6.07) is 9.14. The van der Waals surface area contributed by atoms with Crippen LogP contribution in [0.4, 0.5) is 11.6 Å². The maximum absolute atomic E-state index is 12.3. The van der Waals surface area contributed by atoms with E-state index in [-0.39, 0.29) is 18.1 Å². The fraction of sp³-hybridized carbons (Fsp3) is 0.421. The number of nitrogens with zero attached hydrogens (tertiary/aromatic N) is 2. The van der Waals surface area contributed by atoms with Crippen LogP contribution in [-0.2, 0) is 4.74 Å². The molecule has 0 spiro atoms. The molecule has 2 heterocycles. The van der Waals surface area contributed by atoms with Crippen LogP contribution in [0.1, 0.15) is 37.2 Å². The van der Waals surface area contributed by atoms with Crippen LogP contribution >= 0.6 is 0 Å². The van der Waals surface area contributed by atoms with Crippen LogP contribution in [0.5, 0.6) is 5.75 Å². The Bertz CT molecular complexity index is 745. The summed E-state index contributed by atoms with van der Waals surface area (Å²) < 4.78 is 11.3. The molecule has 1 aromatic heterocycles. The first-order chi connectivity index (χ1) is 12.6. The minimum absolute atomic E-state index is 0.0498. The van der Waals surface area contributed by atoms with Gasteiger partial charge in [0.1, 0.15) is 11.4 Å². The highest BCUT2D eigenvalue weighted by Gasteiger charge is 2.17. The van der Waals surface area contributed by atoms with E-state index in [4.69, 9.17) is 9.47 Å². The van der Waals surface area contributed by atoms with Crippen LogP contribution in [0.2, 0.25) is 0 Å². The van der Waals surface area contributed by atoms with E-state index in [1.165, 1.54) is 0 Å². The quantitative estimate of drug-likeness (QED) is 0.793. The fourth-order valence-corrected chi connectivity index (χ4v) is 2.69. The number of rotatable bonds is 7. The summed E-state index contributed by atoms with van der Waals surface area (Å²) in [6.07, 6.45) is 3.72. The molecule has 2 aromatic rings. The van der Waals surface area contributed by atoms with Crippen LogP contribution in [-0.4, -0.2) is 41.2 Å². The maximum Gasteiger partial charge on any atom is 0.270 e. The summed E-state index contributed by atoms with van der Waals surface area (Å²) in [5.41, 5.74) is 1.06. The van der Waals surface area contributed by atoms with E-state index in [1.54, 1.807) is 12.3 Å². The molecule has 1 atom stereocenters. The molecule has 0 aliphatic carbocycles. The van der Waals surface area contributed by atoms with Crippen molar-refractivity contribution >= 4 is 17.5 Å². The molecule has 1 aliphatic heterocycles. The Labute approximate surface area is 153 Å². The van der Waals surface area contributed by atoms with Crippen LogP contribution in [0.15, 0.2) is 36.5 Å².